The van der Waals surface area contributed by atoms with Gasteiger partial charge in [0.25, 0.3) is 0 Å². The molecule has 0 aromatic heterocycles. The van der Waals surface area contributed by atoms with E-state index in [0.29, 0.717) is 12.8 Å². The first kappa shape index (κ1) is 12.4. The molecule has 4 N–H and O–H groups in total. The second-order valence-electron chi connectivity index (χ2n) is 4.25. The van der Waals surface area contributed by atoms with Crippen LogP contribution in [0.1, 0.15) is 26.2 Å². The number of hydrogen-bond acceptors (Lipinski definition) is 3. The number of carbonyl (C=O) groups excluding carboxylic acids is 1. The average Bonchev–Trinajstić information content (AvgIpc) is 2.18. The minimum Gasteiger partial charge on any atom is -0.478 e. The highest BCUT2D eigenvalue weighted by Gasteiger charge is 2.22. The molecular formula is C11H16N2O3. The maximum atomic E-state index is 11.2. The van der Waals surface area contributed by atoms with E-state index in [2.05, 4.69) is 5.32 Å². The first-order valence-corrected chi connectivity index (χ1v) is 5.09. The second kappa shape index (κ2) is 4.94. The molecule has 5 heteroatoms. The molecule has 0 fully saturated rings. The van der Waals surface area contributed by atoms with Gasteiger partial charge in [0.05, 0.1) is 0 Å². The van der Waals surface area contributed by atoms with Crippen molar-refractivity contribution in [1.82, 2.24) is 5.32 Å². The predicted octanol–water partition coefficient (Wildman–Crippen LogP) is 0.529. The van der Waals surface area contributed by atoms with E-state index in [-0.39, 0.29) is 5.54 Å². The molecule has 0 spiro atoms. The number of nitrogens with two attached hydrogens (primary N) is 1. The highest BCUT2D eigenvalue weighted by atomic mass is 16.4. The maximum absolute atomic E-state index is 11.2. The molecule has 0 heterocycles. The normalized spacial score (nSPS) is 25.2. The Bertz CT molecular complexity index is 356. The first-order valence-electron chi connectivity index (χ1n) is 5.09. The Morgan fingerprint density at radius 3 is 2.75 bits per heavy atom. The van der Waals surface area contributed by atoms with Crippen molar-refractivity contribution in [3.63, 3.8) is 0 Å². The number of aliphatic carboxylic acids is 1. The van der Waals surface area contributed by atoms with E-state index < -0.39 is 11.9 Å². The standard InChI is InChI=1S/C11H16N2O3/c1-11(12)6-4-8(5-7-11)13-9(14)2-3-10(15)16/h2-4H,5-7,12H2,1H3,(H,13,14)(H,15,16)/b3-2-. The van der Waals surface area contributed by atoms with Crippen molar-refractivity contribution in [3.8, 4) is 0 Å². The summed E-state index contributed by atoms with van der Waals surface area (Å²) in [5.74, 6) is -1.56. The van der Waals surface area contributed by atoms with Gasteiger partial charge in [0.1, 0.15) is 0 Å². The summed E-state index contributed by atoms with van der Waals surface area (Å²) in [5.41, 5.74) is 6.53. The van der Waals surface area contributed by atoms with E-state index >= 15 is 0 Å². The largest absolute Gasteiger partial charge is 0.478 e. The minimum atomic E-state index is -1.14. The number of carboxylic acids is 1. The Morgan fingerprint density at radius 2 is 2.25 bits per heavy atom. The topological polar surface area (TPSA) is 92.4 Å². The summed E-state index contributed by atoms with van der Waals surface area (Å²) in [4.78, 5) is 21.4. The van der Waals surface area contributed by atoms with E-state index in [1.807, 2.05) is 13.0 Å². The molecule has 88 valence electrons. The second-order valence-corrected chi connectivity index (χ2v) is 4.25. The highest BCUT2D eigenvalue weighted by Crippen LogP contribution is 2.23. The predicted molar refractivity (Wildman–Crippen MR) is 59.4 cm³/mol. The minimum absolute atomic E-state index is 0.203. The van der Waals surface area contributed by atoms with E-state index in [1.54, 1.807) is 0 Å². The summed E-state index contributed by atoms with van der Waals surface area (Å²) >= 11 is 0. The van der Waals surface area contributed by atoms with Crippen LogP contribution in [0, 0.1) is 0 Å². The fourth-order valence-electron chi connectivity index (χ4n) is 1.44. The number of allylic oxidation sites excluding steroid dienone is 1. The number of carbonyl (C=O) groups is 2. The Balaban J connectivity index is 2.47. The van der Waals surface area contributed by atoms with Gasteiger partial charge in [-0.1, -0.05) is 6.08 Å². The third kappa shape index (κ3) is 4.27. The molecule has 0 saturated carbocycles. The molecule has 5 nitrogen and oxygen atoms in total. The Morgan fingerprint density at radius 1 is 1.56 bits per heavy atom. The van der Waals surface area contributed by atoms with Crippen LogP contribution < -0.4 is 11.1 Å². The fraction of sp³-hybridized carbons (Fsp3) is 0.455. The molecule has 1 atom stereocenters. The zero-order valence-electron chi connectivity index (χ0n) is 9.19. The van der Waals surface area contributed by atoms with Crippen LogP contribution in [0.15, 0.2) is 23.9 Å². The molecular weight excluding hydrogens is 208 g/mol. The first-order chi connectivity index (χ1) is 7.39. The summed E-state index contributed by atoms with van der Waals surface area (Å²) in [5, 5.41) is 11.0. The van der Waals surface area contributed by atoms with Crippen LogP contribution in [0.4, 0.5) is 0 Å². The van der Waals surface area contributed by atoms with Crippen LogP contribution in [0.5, 0.6) is 0 Å². The van der Waals surface area contributed by atoms with Crippen molar-refractivity contribution >= 4 is 11.9 Å². The van der Waals surface area contributed by atoms with Crippen LogP contribution in [-0.4, -0.2) is 22.5 Å². The number of rotatable bonds is 3. The summed E-state index contributed by atoms with van der Waals surface area (Å²) in [7, 11) is 0. The Labute approximate surface area is 94.0 Å². The van der Waals surface area contributed by atoms with Crippen LogP contribution in [0.2, 0.25) is 0 Å². The van der Waals surface area contributed by atoms with Crippen LogP contribution in [0.3, 0.4) is 0 Å². The van der Waals surface area contributed by atoms with Gasteiger partial charge in [0, 0.05) is 23.4 Å². The van der Waals surface area contributed by atoms with Crippen molar-refractivity contribution in [1.29, 1.82) is 0 Å². The van der Waals surface area contributed by atoms with E-state index in [4.69, 9.17) is 10.8 Å². The number of amides is 1. The van der Waals surface area contributed by atoms with Gasteiger partial charge in [-0.25, -0.2) is 4.79 Å². The van der Waals surface area contributed by atoms with Crippen LogP contribution in [-0.2, 0) is 9.59 Å². The van der Waals surface area contributed by atoms with Crippen molar-refractivity contribution < 1.29 is 14.7 Å². The lowest BCUT2D eigenvalue weighted by atomic mass is 9.87. The van der Waals surface area contributed by atoms with Gasteiger partial charge in [-0.2, -0.15) is 0 Å². The molecule has 0 aromatic rings. The number of carboxylic acid groups (broad SMARTS) is 1. The van der Waals surface area contributed by atoms with Crippen molar-refractivity contribution in [2.24, 2.45) is 5.73 Å². The lowest BCUT2D eigenvalue weighted by molar-refractivity contribution is -0.131. The van der Waals surface area contributed by atoms with E-state index in [1.165, 1.54) is 0 Å². The summed E-state index contributed by atoms with van der Waals surface area (Å²) in [6, 6.07) is 0. The van der Waals surface area contributed by atoms with Crippen molar-refractivity contribution in [2.45, 2.75) is 31.7 Å². The highest BCUT2D eigenvalue weighted by molar-refractivity contribution is 5.94. The lowest BCUT2D eigenvalue weighted by Crippen LogP contribution is -2.39. The Hall–Kier alpha value is -1.62. The molecule has 0 bridgehead atoms. The zero-order chi connectivity index (χ0) is 12.2. The molecule has 0 radical (unpaired) electrons. The molecule has 1 aliphatic rings. The third-order valence-corrected chi connectivity index (χ3v) is 2.44. The van der Waals surface area contributed by atoms with Gasteiger partial charge in [0.15, 0.2) is 0 Å². The van der Waals surface area contributed by atoms with E-state index in [9.17, 15) is 9.59 Å². The van der Waals surface area contributed by atoms with Gasteiger partial charge in [-0.05, 0) is 26.2 Å². The summed E-state index contributed by atoms with van der Waals surface area (Å²) in [6.45, 7) is 1.96. The van der Waals surface area contributed by atoms with Gasteiger partial charge >= 0.3 is 5.97 Å². The quantitative estimate of drug-likeness (QED) is 0.610. The lowest BCUT2D eigenvalue weighted by Gasteiger charge is -2.28. The monoisotopic (exact) mass is 224 g/mol. The number of nitrogens with one attached hydrogen (secondary N) is 1. The zero-order valence-corrected chi connectivity index (χ0v) is 9.19. The van der Waals surface area contributed by atoms with Gasteiger partial charge < -0.3 is 16.2 Å². The maximum Gasteiger partial charge on any atom is 0.328 e. The van der Waals surface area contributed by atoms with E-state index in [0.717, 1.165) is 24.3 Å². The third-order valence-electron chi connectivity index (χ3n) is 2.44. The summed E-state index contributed by atoms with van der Waals surface area (Å²) in [6.07, 6.45) is 5.92. The average molecular weight is 224 g/mol. The Kier molecular flexibility index (Phi) is 3.84. The van der Waals surface area contributed by atoms with Crippen LogP contribution in [0.25, 0.3) is 0 Å². The van der Waals surface area contributed by atoms with Gasteiger partial charge in [0.2, 0.25) is 5.91 Å². The molecule has 1 aliphatic carbocycles. The van der Waals surface area contributed by atoms with Crippen LogP contribution >= 0.6 is 0 Å². The molecule has 1 unspecified atom stereocenters. The van der Waals surface area contributed by atoms with Gasteiger partial charge in [-0.3, -0.25) is 4.79 Å². The molecule has 0 saturated heterocycles. The SMILES string of the molecule is CC1(N)CC=C(NC(=O)/C=C\C(=O)O)CC1. The van der Waals surface area contributed by atoms with Crippen molar-refractivity contribution in [3.05, 3.63) is 23.9 Å². The van der Waals surface area contributed by atoms with Crippen molar-refractivity contribution in [2.75, 3.05) is 0 Å². The molecule has 0 aromatic carbocycles. The smallest absolute Gasteiger partial charge is 0.328 e. The van der Waals surface area contributed by atoms with Gasteiger partial charge in [-0.15, -0.1) is 0 Å². The molecule has 1 rings (SSSR count). The fourth-order valence-corrected chi connectivity index (χ4v) is 1.44. The summed E-state index contributed by atoms with van der Waals surface area (Å²) < 4.78 is 0. The molecule has 1 amide bonds. The molecule has 0 aliphatic heterocycles. The molecule has 16 heavy (non-hydrogen) atoms. The number of hydrogen-bond donors (Lipinski definition) is 3.